The summed E-state index contributed by atoms with van der Waals surface area (Å²) in [6, 6.07) is 1.93. The number of ether oxygens (including phenoxy) is 1. The smallest absolute Gasteiger partial charge is 0.249 e. The molecule has 4 heterocycles. The maximum atomic E-state index is 12.5. The monoisotopic (exact) mass is 370 g/mol. The van der Waals surface area contributed by atoms with E-state index in [0.717, 1.165) is 55.4 Å². The van der Waals surface area contributed by atoms with Gasteiger partial charge < -0.3 is 14.5 Å². The third kappa shape index (κ3) is 3.41. The molecule has 0 N–H and O–H groups in total. The summed E-state index contributed by atoms with van der Waals surface area (Å²) in [7, 11) is 3.48. The Kier molecular flexibility index (Phi) is 5.07. The van der Waals surface area contributed by atoms with E-state index < -0.39 is 0 Å². The number of anilines is 1. The van der Waals surface area contributed by atoms with E-state index in [2.05, 4.69) is 15.0 Å². The van der Waals surface area contributed by atoms with Crippen LogP contribution in [0.4, 0.5) is 5.95 Å². The highest BCUT2D eigenvalue weighted by molar-refractivity contribution is 5.78. The number of carbonyl (C=O) groups is 1. The second-order valence-corrected chi connectivity index (χ2v) is 7.18. The molecule has 8 nitrogen and oxygen atoms in total. The van der Waals surface area contributed by atoms with Crippen LogP contribution in [-0.4, -0.2) is 63.9 Å². The summed E-state index contributed by atoms with van der Waals surface area (Å²) in [5, 5.41) is 4.48. The van der Waals surface area contributed by atoms with Gasteiger partial charge in [0.05, 0.1) is 23.6 Å². The van der Waals surface area contributed by atoms with Gasteiger partial charge in [0.25, 0.3) is 0 Å². The zero-order valence-electron chi connectivity index (χ0n) is 16.0. The highest BCUT2D eigenvalue weighted by Crippen LogP contribution is 2.37. The van der Waals surface area contributed by atoms with Gasteiger partial charge in [0.2, 0.25) is 11.9 Å². The van der Waals surface area contributed by atoms with Crippen LogP contribution in [0.25, 0.3) is 11.3 Å². The number of carbonyl (C=O) groups excluding carboxylic acids is 1. The molecule has 0 bridgehead atoms. The first-order valence-corrected chi connectivity index (χ1v) is 9.57. The number of hydrogen-bond donors (Lipinski definition) is 0. The molecule has 1 atom stereocenters. The molecule has 2 aliphatic heterocycles. The van der Waals surface area contributed by atoms with Gasteiger partial charge in [-0.15, -0.1) is 0 Å². The zero-order chi connectivity index (χ0) is 18.8. The SMILES string of the molecule is COCC(=O)N1CCCC1c1c(-c2ccnc(N3CCCC3)n2)cnn1C. The number of aryl methyl sites for hydroxylation is 1. The van der Waals surface area contributed by atoms with Crippen molar-refractivity contribution in [1.82, 2.24) is 24.6 Å². The summed E-state index contributed by atoms with van der Waals surface area (Å²) >= 11 is 0. The first-order chi connectivity index (χ1) is 13.2. The van der Waals surface area contributed by atoms with Crippen LogP contribution >= 0.6 is 0 Å². The Morgan fingerprint density at radius 1 is 1.26 bits per heavy atom. The van der Waals surface area contributed by atoms with Gasteiger partial charge in [-0.25, -0.2) is 9.97 Å². The molecule has 1 amide bonds. The highest BCUT2D eigenvalue weighted by Gasteiger charge is 2.34. The van der Waals surface area contributed by atoms with Gasteiger partial charge in [0.15, 0.2) is 0 Å². The molecule has 2 aromatic rings. The second-order valence-electron chi connectivity index (χ2n) is 7.18. The van der Waals surface area contributed by atoms with E-state index in [4.69, 9.17) is 9.72 Å². The third-order valence-corrected chi connectivity index (χ3v) is 5.45. The Morgan fingerprint density at radius 3 is 2.85 bits per heavy atom. The fourth-order valence-electron chi connectivity index (χ4n) is 4.16. The minimum Gasteiger partial charge on any atom is -0.375 e. The number of amides is 1. The van der Waals surface area contributed by atoms with Crippen molar-refractivity contribution in [1.29, 1.82) is 0 Å². The molecule has 2 saturated heterocycles. The minimum atomic E-state index is 0.000326. The van der Waals surface area contributed by atoms with Crippen LogP contribution in [0.15, 0.2) is 18.5 Å². The number of rotatable bonds is 5. The molecule has 4 rings (SSSR count). The van der Waals surface area contributed by atoms with Gasteiger partial charge in [-0.05, 0) is 31.7 Å². The van der Waals surface area contributed by atoms with Gasteiger partial charge in [0, 0.05) is 45.6 Å². The van der Waals surface area contributed by atoms with Gasteiger partial charge in [-0.2, -0.15) is 5.10 Å². The van der Waals surface area contributed by atoms with Gasteiger partial charge in [-0.3, -0.25) is 9.48 Å². The summed E-state index contributed by atoms with van der Waals surface area (Å²) in [6.45, 7) is 2.87. The number of methoxy groups -OCH3 is 1. The van der Waals surface area contributed by atoms with Crippen molar-refractivity contribution in [2.24, 2.45) is 7.05 Å². The topological polar surface area (TPSA) is 76.4 Å². The van der Waals surface area contributed by atoms with Crippen molar-refractivity contribution in [3.8, 4) is 11.3 Å². The molecule has 8 heteroatoms. The molecule has 0 radical (unpaired) electrons. The lowest BCUT2D eigenvalue weighted by Gasteiger charge is -2.25. The average molecular weight is 370 g/mol. The number of aromatic nitrogens is 4. The molecule has 0 spiro atoms. The van der Waals surface area contributed by atoms with Crippen molar-refractivity contribution < 1.29 is 9.53 Å². The van der Waals surface area contributed by atoms with E-state index in [0.29, 0.717) is 0 Å². The normalized spacial score (nSPS) is 19.9. The lowest BCUT2D eigenvalue weighted by Crippen LogP contribution is -2.34. The van der Waals surface area contributed by atoms with Crippen molar-refractivity contribution in [3.63, 3.8) is 0 Å². The van der Waals surface area contributed by atoms with Crippen LogP contribution in [0, 0.1) is 0 Å². The fraction of sp³-hybridized carbons (Fsp3) is 0.579. The molecular formula is C19H26N6O2. The molecule has 0 saturated carbocycles. The summed E-state index contributed by atoms with van der Waals surface area (Å²) in [5.41, 5.74) is 2.87. The highest BCUT2D eigenvalue weighted by atomic mass is 16.5. The number of nitrogens with zero attached hydrogens (tertiary/aromatic N) is 6. The lowest BCUT2D eigenvalue weighted by molar-refractivity contribution is -0.136. The van der Waals surface area contributed by atoms with E-state index in [1.54, 1.807) is 7.11 Å². The van der Waals surface area contributed by atoms with E-state index in [1.807, 2.05) is 35.1 Å². The first kappa shape index (κ1) is 17.9. The van der Waals surface area contributed by atoms with E-state index in [9.17, 15) is 4.79 Å². The Balaban J connectivity index is 1.68. The Morgan fingerprint density at radius 2 is 2.07 bits per heavy atom. The first-order valence-electron chi connectivity index (χ1n) is 9.57. The van der Waals surface area contributed by atoms with Crippen molar-refractivity contribution in [2.75, 3.05) is 38.3 Å². The number of likely N-dealkylation sites (tertiary alicyclic amines) is 1. The van der Waals surface area contributed by atoms with Crippen LogP contribution in [0.5, 0.6) is 0 Å². The van der Waals surface area contributed by atoms with Gasteiger partial charge >= 0.3 is 0 Å². The molecule has 0 aromatic carbocycles. The van der Waals surface area contributed by atoms with E-state index in [-0.39, 0.29) is 18.6 Å². The standard InChI is InChI=1S/C19H26N6O2/c1-23-18(16-6-5-11-25(16)17(26)13-27-2)14(12-21-23)15-7-8-20-19(22-15)24-9-3-4-10-24/h7-8,12,16H,3-6,9-11,13H2,1-2H3. The molecule has 0 aliphatic carbocycles. The molecular weight excluding hydrogens is 344 g/mol. The second kappa shape index (κ2) is 7.64. The van der Waals surface area contributed by atoms with Gasteiger partial charge in [0.1, 0.15) is 6.61 Å². The van der Waals surface area contributed by atoms with Crippen LogP contribution in [0.3, 0.4) is 0 Å². The van der Waals surface area contributed by atoms with E-state index >= 15 is 0 Å². The molecule has 1 unspecified atom stereocenters. The van der Waals surface area contributed by atoms with Crippen LogP contribution in [0.2, 0.25) is 0 Å². The van der Waals surface area contributed by atoms with Crippen molar-refractivity contribution >= 4 is 11.9 Å². The Hall–Kier alpha value is -2.48. The predicted octanol–water partition coefficient (Wildman–Crippen LogP) is 1.79. The van der Waals surface area contributed by atoms with Crippen LogP contribution in [-0.2, 0) is 16.6 Å². The minimum absolute atomic E-state index is 0.000326. The van der Waals surface area contributed by atoms with E-state index in [1.165, 1.54) is 12.8 Å². The molecule has 27 heavy (non-hydrogen) atoms. The Labute approximate surface area is 159 Å². The molecule has 2 aromatic heterocycles. The third-order valence-electron chi connectivity index (χ3n) is 5.45. The molecule has 144 valence electrons. The largest absolute Gasteiger partial charge is 0.375 e. The number of hydrogen-bond acceptors (Lipinski definition) is 6. The lowest BCUT2D eigenvalue weighted by atomic mass is 10.0. The van der Waals surface area contributed by atoms with Crippen LogP contribution < -0.4 is 4.90 Å². The maximum Gasteiger partial charge on any atom is 0.249 e. The fourth-order valence-corrected chi connectivity index (χ4v) is 4.16. The molecule has 2 fully saturated rings. The molecule has 2 aliphatic rings. The quantitative estimate of drug-likeness (QED) is 0.799. The summed E-state index contributed by atoms with van der Waals surface area (Å²) < 4.78 is 6.93. The summed E-state index contributed by atoms with van der Waals surface area (Å²) in [6.07, 6.45) is 7.94. The summed E-state index contributed by atoms with van der Waals surface area (Å²) in [4.78, 5) is 25.9. The average Bonchev–Trinajstić information content (AvgIpc) is 3.42. The van der Waals surface area contributed by atoms with Crippen LogP contribution in [0.1, 0.15) is 37.4 Å². The van der Waals surface area contributed by atoms with Crippen molar-refractivity contribution in [3.05, 3.63) is 24.2 Å². The van der Waals surface area contributed by atoms with Crippen molar-refractivity contribution in [2.45, 2.75) is 31.7 Å². The maximum absolute atomic E-state index is 12.5. The summed E-state index contributed by atoms with van der Waals surface area (Å²) in [5.74, 6) is 0.797. The van der Waals surface area contributed by atoms with Gasteiger partial charge in [-0.1, -0.05) is 0 Å². The zero-order valence-corrected chi connectivity index (χ0v) is 16.0. The predicted molar refractivity (Wildman–Crippen MR) is 101 cm³/mol. The Bertz CT molecular complexity index is 814.